The number of fused-ring (bicyclic) bond motifs is 1. The van der Waals surface area contributed by atoms with Gasteiger partial charge in [0.2, 0.25) is 5.91 Å². The number of benzene rings is 1. The highest BCUT2D eigenvalue weighted by Crippen LogP contribution is 2.31. The Morgan fingerprint density at radius 1 is 1.21 bits per heavy atom. The van der Waals surface area contributed by atoms with E-state index in [0.29, 0.717) is 25.2 Å². The number of imidazole rings is 1. The zero-order valence-electron chi connectivity index (χ0n) is 19.2. The number of nitrogens with one attached hydrogen (secondary N) is 2. The van der Waals surface area contributed by atoms with Crippen LogP contribution in [-0.2, 0) is 17.9 Å². The summed E-state index contributed by atoms with van der Waals surface area (Å²) in [5.41, 5.74) is -0.397. The maximum Gasteiger partial charge on any atom is 0.282 e. The Morgan fingerprint density at radius 3 is 2.56 bits per heavy atom. The van der Waals surface area contributed by atoms with Gasteiger partial charge in [-0.05, 0) is 36.6 Å². The summed E-state index contributed by atoms with van der Waals surface area (Å²) in [7, 11) is 0. The number of alkyl halides is 2. The number of halogens is 4. The number of likely N-dealkylation sites (tertiary alicyclic amines) is 1. The molecule has 0 bridgehead atoms. The Balaban J connectivity index is 1.69. The van der Waals surface area contributed by atoms with Crippen LogP contribution in [0.25, 0.3) is 11.4 Å². The second-order valence-electron chi connectivity index (χ2n) is 9.86. The Hall–Kier alpha value is -2.95. The fraction of sp³-hybridized carbons (Fsp3) is 0.522. The van der Waals surface area contributed by atoms with E-state index < -0.39 is 53.9 Å². The van der Waals surface area contributed by atoms with Crippen LogP contribution in [0, 0.1) is 17.0 Å². The van der Waals surface area contributed by atoms with Crippen LogP contribution in [0.4, 0.5) is 17.6 Å². The lowest BCUT2D eigenvalue weighted by Crippen LogP contribution is -2.64. The molecule has 0 radical (unpaired) electrons. The highest BCUT2D eigenvalue weighted by molar-refractivity contribution is 5.98. The molecular weight excluding hydrogens is 454 g/mol. The van der Waals surface area contributed by atoms with Gasteiger partial charge in [-0.25, -0.2) is 22.5 Å². The first-order valence-electron chi connectivity index (χ1n) is 11.1. The Kier molecular flexibility index (Phi) is 6.17. The number of aromatic nitrogens is 2. The number of hydrogen-bond donors (Lipinski definition) is 2. The first-order valence-corrected chi connectivity index (χ1v) is 11.1. The van der Waals surface area contributed by atoms with Crippen molar-refractivity contribution in [3.05, 3.63) is 41.2 Å². The fourth-order valence-electron chi connectivity index (χ4n) is 4.23. The summed E-state index contributed by atoms with van der Waals surface area (Å²) >= 11 is 0. The van der Waals surface area contributed by atoms with Crippen molar-refractivity contribution >= 4 is 11.8 Å². The number of carbonyl (C=O) groups is 2. The first-order chi connectivity index (χ1) is 15.9. The summed E-state index contributed by atoms with van der Waals surface area (Å²) < 4.78 is 56.8. The van der Waals surface area contributed by atoms with Gasteiger partial charge in [-0.3, -0.25) is 9.59 Å². The lowest BCUT2D eigenvalue weighted by atomic mass is 9.85. The van der Waals surface area contributed by atoms with E-state index in [0.717, 1.165) is 23.1 Å². The molecule has 4 rings (SSSR count). The number of hydrogen-bond acceptors (Lipinski definition) is 4. The van der Waals surface area contributed by atoms with E-state index in [4.69, 9.17) is 0 Å². The normalized spacial score (nSPS) is 18.5. The maximum atomic E-state index is 14.6. The summed E-state index contributed by atoms with van der Waals surface area (Å²) in [6.07, 6.45) is 0.681. The van der Waals surface area contributed by atoms with Crippen LogP contribution in [0.3, 0.4) is 0 Å². The Morgan fingerprint density at radius 2 is 1.91 bits per heavy atom. The average Bonchev–Trinajstić information content (AvgIpc) is 2.91. The molecule has 184 valence electrons. The van der Waals surface area contributed by atoms with Crippen molar-refractivity contribution in [1.82, 2.24) is 25.1 Å². The monoisotopic (exact) mass is 481 g/mol. The fourth-order valence-corrected chi connectivity index (χ4v) is 4.23. The molecule has 2 aliphatic rings. The SMILES string of the molecule is CC(C)(C)[C@H](NC(=O)c1nc(-c2cc(F)ccc2F)n2c1CNCCC2)C(=O)N1CC(F)(F)C1. The van der Waals surface area contributed by atoms with E-state index in [1.54, 1.807) is 25.3 Å². The van der Waals surface area contributed by atoms with Crippen molar-refractivity contribution in [1.29, 1.82) is 0 Å². The van der Waals surface area contributed by atoms with Crippen LogP contribution in [0.2, 0.25) is 0 Å². The molecule has 1 fully saturated rings. The van der Waals surface area contributed by atoms with E-state index in [9.17, 15) is 27.2 Å². The van der Waals surface area contributed by atoms with Crippen LogP contribution in [-0.4, -0.2) is 57.9 Å². The maximum absolute atomic E-state index is 14.6. The largest absolute Gasteiger partial charge is 0.338 e. The molecule has 7 nitrogen and oxygen atoms in total. The number of rotatable bonds is 4. The third kappa shape index (κ3) is 4.66. The van der Waals surface area contributed by atoms with Crippen LogP contribution in [0.1, 0.15) is 43.4 Å². The number of amides is 2. The van der Waals surface area contributed by atoms with E-state index in [1.165, 1.54) is 0 Å². The lowest BCUT2D eigenvalue weighted by Gasteiger charge is -2.43. The Bertz CT molecular complexity index is 1120. The molecule has 3 heterocycles. The summed E-state index contributed by atoms with van der Waals surface area (Å²) in [5, 5.41) is 5.84. The minimum Gasteiger partial charge on any atom is -0.338 e. The standard InChI is InChI=1S/C23H27F4N5O2/c1-22(2,3)18(21(34)31-11-23(26,27)12-31)30-20(33)17-16-10-28-7-4-8-32(16)19(29-17)14-9-13(24)5-6-15(14)25/h5-6,9,18,28H,4,7-8,10-12H2,1-3H3,(H,30,33)/t18-/m1/s1. The first kappa shape index (κ1) is 24.2. The van der Waals surface area contributed by atoms with Gasteiger partial charge in [-0.15, -0.1) is 0 Å². The van der Waals surface area contributed by atoms with Gasteiger partial charge in [0.25, 0.3) is 11.8 Å². The van der Waals surface area contributed by atoms with E-state index in [2.05, 4.69) is 15.6 Å². The zero-order valence-corrected chi connectivity index (χ0v) is 19.2. The third-order valence-corrected chi connectivity index (χ3v) is 6.03. The quantitative estimate of drug-likeness (QED) is 0.659. The van der Waals surface area contributed by atoms with Gasteiger partial charge < -0.3 is 20.1 Å². The minimum absolute atomic E-state index is 0.0240. The highest BCUT2D eigenvalue weighted by atomic mass is 19.3. The Labute approximate surface area is 194 Å². The highest BCUT2D eigenvalue weighted by Gasteiger charge is 2.49. The summed E-state index contributed by atoms with van der Waals surface area (Å²) in [4.78, 5) is 31.6. The van der Waals surface area contributed by atoms with Crippen molar-refractivity contribution in [3.63, 3.8) is 0 Å². The molecule has 2 N–H and O–H groups in total. The molecule has 1 saturated heterocycles. The predicted octanol–water partition coefficient (Wildman–Crippen LogP) is 2.94. The van der Waals surface area contributed by atoms with Gasteiger partial charge >= 0.3 is 0 Å². The average molecular weight is 481 g/mol. The lowest BCUT2D eigenvalue weighted by molar-refractivity contribution is -0.169. The van der Waals surface area contributed by atoms with Gasteiger partial charge in [-0.1, -0.05) is 20.8 Å². The van der Waals surface area contributed by atoms with Gasteiger partial charge in [0.05, 0.1) is 24.3 Å². The molecule has 0 unspecified atom stereocenters. The molecule has 1 aromatic carbocycles. The van der Waals surface area contributed by atoms with Crippen LogP contribution >= 0.6 is 0 Å². The predicted molar refractivity (Wildman–Crippen MR) is 116 cm³/mol. The molecule has 0 saturated carbocycles. The van der Waals surface area contributed by atoms with Gasteiger partial charge in [0.15, 0.2) is 5.69 Å². The van der Waals surface area contributed by atoms with Crippen LogP contribution in [0.15, 0.2) is 18.2 Å². The second kappa shape index (κ2) is 8.68. The molecule has 2 amide bonds. The molecular formula is C23H27F4N5O2. The van der Waals surface area contributed by atoms with Gasteiger partial charge in [0, 0.05) is 13.1 Å². The van der Waals surface area contributed by atoms with Crippen molar-refractivity contribution in [3.8, 4) is 11.4 Å². The summed E-state index contributed by atoms with van der Waals surface area (Å²) in [6, 6.07) is 1.94. The van der Waals surface area contributed by atoms with Crippen LogP contribution in [0.5, 0.6) is 0 Å². The van der Waals surface area contributed by atoms with E-state index in [1.807, 2.05) is 0 Å². The molecule has 1 aromatic heterocycles. The molecule has 11 heteroatoms. The molecule has 1 atom stereocenters. The molecule has 0 aliphatic carbocycles. The van der Waals surface area contributed by atoms with Crippen molar-refractivity contribution in [2.24, 2.45) is 5.41 Å². The minimum atomic E-state index is -2.93. The summed E-state index contributed by atoms with van der Waals surface area (Å²) in [5.74, 6) is -5.43. The molecule has 2 aromatic rings. The van der Waals surface area contributed by atoms with E-state index >= 15 is 0 Å². The third-order valence-electron chi connectivity index (χ3n) is 6.03. The second-order valence-corrected chi connectivity index (χ2v) is 9.86. The molecule has 34 heavy (non-hydrogen) atoms. The van der Waals surface area contributed by atoms with Crippen molar-refractivity contribution < 1.29 is 27.2 Å². The number of carbonyl (C=O) groups excluding carboxylic acids is 2. The topological polar surface area (TPSA) is 79.3 Å². The molecule has 0 spiro atoms. The van der Waals surface area contributed by atoms with Crippen molar-refractivity contribution in [2.45, 2.75) is 52.2 Å². The summed E-state index contributed by atoms with van der Waals surface area (Å²) in [6.45, 7) is 5.11. The van der Waals surface area contributed by atoms with Crippen molar-refractivity contribution in [2.75, 3.05) is 19.6 Å². The van der Waals surface area contributed by atoms with Gasteiger partial charge in [0.1, 0.15) is 23.5 Å². The van der Waals surface area contributed by atoms with E-state index in [-0.39, 0.29) is 23.6 Å². The van der Waals surface area contributed by atoms with Crippen LogP contribution < -0.4 is 10.6 Å². The number of nitrogens with zero attached hydrogens (tertiary/aromatic N) is 3. The zero-order chi connectivity index (χ0) is 24.8. The van der Waals surface area contributed by atoms with Gasteiger partial charge in [-0.2, -0.15) is 0 Å². The smallest absolute Gasteiger partial charge is 0.282 e. The molecule has 2 aliphatic heterocycles.